The lowest BCUT2D eigenvalue weighted by Crippen LogP contribution is -2.28. The van der Waals surface area contributed by atoms with Gasteiger partial charge in [-0.15, -0.1) is 0 Å². The molecular weight excluding hydrogens is 236 g/mol. The van der Waals surface area contributed by atoms with Gasteiger partial charge in [0, 0.05) is 24.5 Å². The van der Waals surface area contributed by atoms with Crippen molar-refractivity contribution in [2.45, 2.75) is 19.4 Å². The predicted molar refractivity (Wildman–Crippen MR) is 78.3 cm³/mol. The van der Waals surface area contributed by atoms with E-state index < -0.39 is 0 Å². The standard InChI is InChI=1S/C16H18N2O/c17-14-6-7-16-13(10-14)4-2-8-18(16)11-12-3-1-5-15(19)9-12/h1,3,5-7,9-10,19H,2,4,8,11,17H2. The monoisotopic (exact) mass is 254 g/mol. The molecule has 3 N–H and O–H groups in total. The molecule has 0 aliphatic carbocycles. The highest BCUT2D eigenvalue weighted by Crippen LogP contribution is 2.30. The average molecular weight is 254 g/mol. The van der Waals surface area contributed by atoms with Gasteiger partial charge >= 0.3 is 0 Å². The Morgan fingerprint density at radius 3 is 2.89 bits per heavy atom. The molecule has 0 saturated heterocycles. The zero-order valence-electron chi connectivity index (χ0n) is 10.8. The van der Waals surface area contributed by atoms with Gasteiger partial charge in [-0.25, -0.2) is 0 Å². The van der Waals surface area contributed by atoms with Crippen molar-refractivity contribution in [2.24, 2.45) is 0 Å². The number of hydrogen-bond acceptors (Lipinski definition) is 3. The quantitative estimate of drug-likeness (QED) is 0.810. The molecule has 1 aliphatic rings. The van der Waals surface area contributed by atoms with Gasteiger partial charge in [-0.1, -0.05) is 12.1 Å². The van der Waals surface area contributed by atoms with Crippen LogP contribution in [-0.2, 0) is 13.0 Å². The summed E-state index contributed by atoms with van der Waals surface area (Å²) in [5, 5.41) is 9.54. The summed E-state index contributed by atoms with van der Waals surface area (Å²) in [5.41, 5.74) is 10.4. The second kappa shape index (κ2) is 4.84. The van der Waals surface area contributed by atoms with Crippen LogP contribution < -0.4 is 10.6 Å². The minimum Gasteiger partial charge on any atom is -0.508 e. The van der Waals surface area contributed by atoms with Crippen molar-refractivity contribution in [1.29, 1.82) is 0 Å². The lowest BCUT2D eigenvalue weighted by atomic mass is 10.0. The Hall–Kier alpha value is -2.16. The van der Waals surface area contributed by atoms with E-state index in [2.05, 4.69) is 17.0 Å². The number of nitrogens with two attached hydrogens (primary N) is 1. The van der Waals surface area contributed by atoms with Gasteiger partial charge in [-0.3, -0.25) is 0 Å². The number of hydrogen-bond donors (Lipinski definition) is 2. The fourth-order valence-electron chi connectivity index (χ4n) is 2.73. The van der Waals surface area contributed by atoms with Crippen LogP contribution in [0.5, 0.6) is 5.75 Å². The molecule has 19 heavy (non-hydrogen) atoms. The number of phenols is 1. The topological polar surface area (TPSA) is 49.5 Å². The highest BCUT2D eigenvalue weighted by molar-refractivity contribution is 5.61. The van der Waals surface area contributed by atoms with Gasteiger partial charge in [0.25, 0.3) is 0 Å². The van der Waals surface area contributed by atoms with E-state index in [1.54, 1.807) is 6.07 Å². The van der Waals surface area contributed by atoms with Gasteiger partial charge in [-0.2, -0.15) is 0 Å². The SMILES string of the molecule is Nc1ccc2c(c1)CCCN2Cc1cccc(O)c1. The molecule has 98 valence electrons. The van der Waals surface area contributed by atoms with Crippen LogP contribution in [0.2, 0.25) is 0 Å². The molecule has 2 aromatic rings. The number of aryl methyl sites for hydroxylation is 1. The number of fused-ring (bicyclic) bond motifs is 1. The van der Waals surface area contributed by atoms with Gasteiger partial charge in [0.15, 0.2) is 0 Å². The van der Waals surface area contributed by atoms with Crippen molar-refractivity contribution >= 4 is 11.4 Å². The van der Waals surface area contributed by atoms with E-state index in [4.69, 9.17) is 5.73 Å². The molecule has 1 heterocycles. The molecule has 2 aromatic carbocycles. The Kier molecular flexibility index (Phi) is 3.03. The molecule has 0 saturated carbocycles. The number of aromatic hydroxyl groups is 1. The Bertz CT molecular complexity index is 595. The van der Waals surface area contributed by atoms with E-state index in [0.29, 0.717) is 5.75 Å². The minimum absolute atomic E-state index is 0.326. The Balaban J connectivity index is 1.87. The second-order valence-corrected chi connectivity index (χ2v) is 5.08. The Labute approximate surface area is 113 Å². The summed E-state index contributed by atoms with van der Waals surface area (Å²) in [6.07, 6.45) is 2.24. The maximum absolute atomic E-state index is 9.54. The van der Waals surface area contributed by atoms with E-state index in [0.717, 1.165) is 37.2 Å². The smallest absolute Gasteiger partial charge is 0.115 e. The second-order valence-electron chi connectivity index (χ2n) is 5.08. The minimum atomic E-state index is 0.326. The molecule has 0 aromatic heterocycles. The van der Waals surface area contributed by atoms with Crippen LogP contribution in [0.1, 0.15) is 17.5 Å². The molecule has 3 nitrogen and oxygen atoms in total. The number of anilines is 2. The van der Waals surface area contributed by atoms with Crippen LogP contribution in [0.3, 0.4) is 0 Å². The summed E-state index contributed by atoms with van der Waals surface area (Å²) in [6.45, 7) is 1.87. The maximum Gasteiger partial charge on any atom is 0.115 e. The lowest BCUT2D eigenvalue weighted by Gasteiger charge is -2.31. The van der Waals surface area contributed by atoms with Gasteiger partial charge in [0.05, 0.1) is 0 Å². The molecule has 1 aliphatic heterocycles. The first-order chi connectivity index (χ1) is 9.22. The van der Waals surface area contributed by atoms with Crippen molar-refractivity contribution in [3.63, 3.8) is 0 Å². The molecule has 0 spiro atoms. The summed E-state index contributed by atoms with van der Waals surface area (Å²) < 4.78 is 0. The van der Waals surface area contributed by atoms with Crippen molar-refractivity contribution < 1.29 is 5.11 Å². The maximum atomic E-state index is 9.54. The van der Waals surface area contributed by atoms with Gasteiger partial charge in [0.1, 0.15) is 5.75 Å². The van der Waals surface area contributed by atoms with Crippen molar-refractivity contribution in [3.05, 3.63) is 53.6 Å². The molecule has 0 amide bonds. The Morgan fingerprint density at radius 2 is 2.05 bits per heavy atom. The van der Waals surface area contributed by atoms with Crippen molar-refractivity contribution in [2.75, 3.05) is 17.2 Å². The third-order valence-corrected chi connectivity index (χ3v) is 3.60. The normalized spacial score (nSPS) is 14.2. The van der Waals surface area contributed by atoms with Crippen LogP contribution >= 0.6 is 0 Å². The molecule has 3 rings (SSSR count). The molecule has 3 heteroatoms. The summed E-state index contributed by atoms with van der Waals surface area (Å²) in [5.74, 6) is 0.326. The molecule has 0 atom stereocenters. The summed E-state index contributed by atoms with van der Waals surface area (Å²) in [6, 6.07) is 13.6. The summed E-state index contributed by atoms with van der Waals surface area (Å²) in [7, 11) is 0. The highest BCUT2D eigenvalue weighted by atomic mass is 16.3. The van der Waals surface area contributed by atoms with E-state index in [9.17, 15) is 5.11 Å². The number of nitrogen functional groups attached to an aromatic ring is 1. The largest absolute Gasteiger partial charge is 0.508 e. The first-order valence-electron chi connectivity index (χ1n) is 6.63. The third kappa shape index (κ3) is 2.50. The van der Waals surface area contributed by atoms with E-state index in [-0.39, 0.29) is 0 Å². The average Bonchev–Trinajstić information content (AvgIpc) is 2.38. The number of nitrogens with zero attached hydrogens (tertiary/aromatic N) is 1. The van der Waals surface area contributed by atoms with E-state index >= 15 is 0 Å². The van der Waals surface area contributed by atoms with Crippen molar-refractivity contribution in [3.8, 4) is 5.75 Å². The molecule has 0 unspecified atom stereocenters. The lowest BCUT2D eigenvalue weighted by molar-refractivity contribution is 0.474. The van der Waals surface area contributed by atoms with Crippen LogP contribution in [0.4, 0.5) is 11.4 Å². The van der Waals surface area contributed by atoms with Gasteiger partial charge < -0.3 is 15.7 Å². The summed E-state index contributed by atoms with van der Waals surface area (Å²) in [4.78, 5) is 2.35. The van der Waals surface area contributed by atoms with Gasteiger partial charge in [-0.05, 0) is 54.3 Å². The first kappa shape index (κ1) is 11.9. The van der Waals surface area contributed by atoms with Crippen LogP contribution in [0.15, 0.2) is 42.5 Å². The highest BCUT2D eigenvalue weighted by Gasteiger charge is 2.17. The molecule has 0 fully saturated rings. The fourth-order valence-corrected chi connectivity index (χ4v) is 2.73. The van der Waals surface area contributed by atoms with E-state index in [1.165, 1.54) is 11.3 Å². The number of phenolic OH excluding ortho intramolecular Hbond substituents is 1. The molecule has 0 bridgehead atoms. The number of rotatable bonds is 2. The van der Waals surface area contributed by atoms with Crippen molar-refractivity contribution in [1.82, 2.24) is 0 Å². The first-order valence-corrected chi connectivity index (χ1v) is 6.63. The molecule has 0 radical (unpaired) electrons. The summed E-state index contributed by atoms with van der Waals surface area (Å²) >= 11 is 0. The molecular formula is C16H18N2O. The van der Waals surface area contributed by atoms with Crippen LogP contribution in [0, 0.1) is 0 Å². The van der Waals surface area contributed by atoms with Crippen LogP contribution in [-0.4, -0.2) is 11.7 Å². The predicted octanol–water partition coefficient (Wildman–Crippen LogP) is 2.93. The zero-order valence-corrected chi connectivity index (χ0v) is 10.8. The number of benzene rings is 2. The zero-order chi connectivity index (χ0) is 13.2. The van der Waals surface area contributed by atoms with Crippen LogP contribution in [0.25, 0.3) is 0 Å². The van der Waals surface area contributed by atoms with E-state index in [1.807, 2.05) is 24.3 Å². The third-order valence-electron chi connectivity index (χ3n) is 3.60. The Morgan fingerprint density at radius 1 is 1.16 bits per heavy atom. The van der Waals surface area contributed by atoms with Gasteiger partial charge in [0.2, 0.25) is 0 Å². The fraction of sp³-hybridized carbons (Fsp3) is 0.250.